The third kappa shape index (κ3) is 1.05. The number of hydrazine groups is 1. The van der Waals surface area contributed by atoms with Gasteiger partial charge in [0.05, 0.1) is 5.41 Å². The minimum absolute atomic E-state index is 0.00926. The molecule has 0 radical (unpaired) electrons. The highest BCUT2D eigenvalue weighted by atomic mass is 16.2. The van der Waals surface area contributed by atoms with Crippen molar-refractivity contribution in [2.45, 2.75) is 20.3 Å². The lowest BCUT2D eigenvalue weighted by Crippen LogP contribution is -2.37. The molecule has 62 valence electrons. The third-order valence-corrected chi connectivity index (χ3v) is 2.53. The molecular formula is C8H14N2O. The van der Waals surface area contributed by atoms with Crippen LogP contribution in [0.2, 0.25) is 0 Å². The second-order valence-corrected chi connectivity index (χ2v) is 3.36. The molecule has 1 saturated heterocycles. The molecule has 1 aliphatic rings. The summed E-state index contributed by atoms with van der Waals surface area (Å²) >= 11 is 0. The first-order valence-electron chi connectivity index (χ1n) is 3.71. The molecule has 1 amide bonds. The molecule has 0 aromatic rings. The van der Waals surface area contributed by atoms with Gasteiger partial charge < -0.3 is 0 Å². The lowest BCUT2D eigenvalue weighted by Gasteiger charge is -2.21. The average molecular weight is 154 g/mol. The number of nitrogens with zero attached hydrogens (tertiary/aromatic N) is 1. The van der Waals surface area contributed by atoms with Crippen molar-refractivity contribution < 1.29 is 4.79 Å². The lowest BCUT2D eigenvalue weighted by atomic mass is 9.82. The SMILES string of the molecule is C=C(C)C1(C)CCN(N)C1=O. The van der Waals surface area contributed by atoms with Crippen LogP contribution in [-0.4, -0.2) is 17.5 Å². The predicted octanol–water partition coefficient (Wildman–Crippen LogP) is 0.675. The summed E-state index contributed by atoms with van der Waals surface area (Å²) in [6.07, 6.45) is 0.789. The van der Waals surface area contributed by atoms with Crippen LogP contribution in [0.3, 0.4) is 0 Å². The molecule has 0 bridgehead atoms. The molecule has 1 heterocycles. The van der Waals surface area contributed by atoms with Crippen molar-refractivity contribution in [2.24, 2.45) is 11.3 Å². The van der Waals surface area contributed by atoms with E-state index < -0.39 is 5.41 Å². The van der Waals surface area contributed by atoms with Crippen LogP contribution in [-0.2, 0) is 4.79 Å². The molecule has 1 atom stereocenters. The van der Waals surface area contributed by atoms with E-state index in [1.807, 2.05) is 13.8 Å². The van der Waals surface area contributed by atoms with Gasteiger partial charge >= 0.3 is 0 Å². The maximum absolute atomic E-state index is 11.4. The van der Waals surface area contributed by atoms with Gasteiger partial charge in [-0.05, 0) is 20.3 Å². The van der Waals surface area contributed by atoms with Gasteiger partial charge in [-0.1, -0.05) is 12.2 Å². The minimum Gasteiger partial charge on any atom is -0.280 e. The van der Waals surface area contributed by atoms with E-state index in [-0.39, 0.29) is 5.91 Å². The highest BCUT2D eigenvalue weighted by Gasteiger charge is 2.42. The molecule has 0 aromatic heterocycles. The van der Waals surface area contributed by atoms with Crippen LogP contribution < -0.4 is 5.84 Å². The van der Waals surface area contributed by atoms with Crippen LogP contribution in [0.1, 0.15) is 20.3 Å². The summed E-state index contributed by atoms with van der Waals surface area (Å²) in [6.45, 7) is 8.20. The Morgan fingerprint density at radius 3 is 2.55 bits per heavy atom. The molecule has 3 nitrogen and oxygen atoms in total. The Kier molecular flexibility index (Phi) is 1.76. The summed E-state index contributed by atoms with van der Waals surface area (Å²) in [7, 11) is 0. The monoisotopic (exact) mass is 154 g/mol. The fourth-order valence-corrected chi connectivity index (χ4v) is 1.27. The van der Waals surface area contributed by atoms with E-state index in [4.69, 9.17) is 5.84 Å². The largest absolute Gasteiger partial charge is 0.280 e. The summed E-state index contributed by atoms with van der Waals surface area (Å²) in [5, 5.41) is 1.27. The van der Waals surface area contributed by atoms with Crippen LogP contribution in [0, 0.1) is 5.41 Å². The van der Waals surface area contributed by atoms with Gasteiger partial charge in [0, 0.05) is 6.54 Å². The Labute approximate surface area is 66.8 Å². The molecule has 1 aliphatic heterocycles. The van der Waals surface area contributed by atoms with Gasteiger partial charge in [-0.3, -0.25) is 9.80 Å². The van der Waals surface area contributed by atoms with Crippen LogP contribution in [0.4, 0.5) is 0 Å². The summed E-state index contributed by atoms with van der Waals surface area (Å²) in [5.41, 5.74) is 0.491. The molecule has 2 N–H and O–H groups in total. The van der Waals surface area contributed by atoms with Crippen LogP contribution in [0.25, 0.3) is 0 Å². The number of amides is 1. The van der Waals surface area contributed by atoms with E-state index in [1.54, 1.807) is 0 Å². The van der Waals surface area contributed by atoms with Crippen molar-refractivity contribution in [2.75, 3.05) is 6.54 Å². The Hall–Kier alpha value is -0.830. The zero-order chi connectivity index (χ0) is 8.65. The molecule has 0 saturated carbocycles. The summed E-state index contributed by atoms with van der Waals surface area (Å²) in [4.78, 5) is 11.4. The smallest absolute Gasteiger partial charge is 0.246 e. The van der Waals surface area contributed by atoms with Crippen LogP contribution in [0.5, 0.6) is 0 Å². The quantitative estimate of drug-likeness (QED) is 0.343. The van der Waals surface area contributed by atoms with Crippen molar-refractivity contribution in [3.63, 3.8) is 0 Å². The van der Waals surface area contributed by atoms with Crippen LogP contribution >= 0.6 is 0 Å². The van der Waals surface area contributed by atoms with E-state index in [1.165, 1.54) is 5.01 Å². The molecule has 0 spiro atoms. The fourth-order valence-electron chi connectivity index (χ4n) is 1.27. The van der Waals surface area contributed by atoms with Crippen molar-refractivity contribution in [1.82, 2.24) is 5.01 Å². The molecule has 1 fully saturated rings. The Morgan fingerprint density at radius 2 is 2.36 bits per heavy atom. The van der Waals surface area contributed by atoms with E-state index in [0.29, 0.717) is 6.54 Å². The molecular weight excluding hydrogens is 140 g/mol. The van der Waals surface area contributed by atoms with Crippen molar-refractivity contribution in [1.29, 1.82) is 0 Å². The van der Waals surface area contributed by atoms with Crippen molar-refractivity contribution in [3.05, 3.63) is 12.2 Å². The Balaban J connectivity index is 2.90. The van der Waals surface area contributed by atoms with Crippen LogP contribution in [0.15, 0.2) is 12.2 Å². The predicted molar refractivity (Wildman–Crippen MR) is 43.4 cm³/mol. The topological polar surface area (TPSA) is 46.3 Å². The first-order valence-corrected chi connectivity index (χ1v) is 3.71. The second kappa shape index (κ2) is 2.34. The summed E-state index contributed by atoms with van der Waals surface area (Å²) in [5.74, 6) is 5.43. The number of carbonyl (C=O) groups is 1. The molecule has 3 heteroatoms. The molecule has 11 heavy (non-hydrogen) atoms. The maximum Gasteiger partial charge on any atom is 0.246 e. The van der Waals surface area contributed by atoms with Gasteiger partial charge in [0.2, 0.25) is 5.91 Å². The number of carbonyl (C=O) groups excluding carboxylic acids is 1. The highest BCUT2D eigenvalue weighted by Crippen LogP contribution is 2.35. The normalized spacial score (nSPS) is 31.2. The molecule has 0 aromatic carbocycles. The van der Waals surface area contributed by atoms with Gasteiger partial charge in [0.15, 0.2) is 0 Å². The van der Waals surface area contributed by atoms with E-state index in [0.717, 1.165) is 12.0 Å². The van der Waals surface area contributed by atoms with Gasteiger partial charge in [0.25, 0.3) is 0 Å². The number of nitrogens with two attached hydrogens (primary N) is 1. The maximum atomic E-state index is 11.4. The fraction of sp³-hybridized carbons (Fsp3) is 0.625. The Morgan fingerprint density at radius 1 is 1.82 bits per heavy atom. The van der Waals surface area contributed by atoms with E-state index in [9.17, 15) is 4.79 Å². The highest BCUT2D eigenvalue weighted by molar-refractivity contribution is 5.86. The average Bonchev–Trinajstić information content (AvgIpc) is 2.18. The number of hydrogen-bond donors (Lipinski definition) is 1. The first-order chi connectivity index (χ1) is 4.98. The summed E-state index contributed by atoms with van der Waals surface area (Å²) in [6, 6.07) is 0. The van der Waals surface area contributed by atoms with Crippen molar-refractivity contribution in [3.8, 4) is 0 Å². The molecule has 1 rings (SSSR count). The zero-order valence-electron chi connectivity index (χ0n) is 7.05. The van der Waals surface area contributed by atoms with Gasteiger partial charge in [-0.2, -0.15) is 0 Å². The minimum atomic E-state index is -0.408. The number of rotatable bonds is 1. The zero-order valence-corrected chi connectivity index (χ0v) is 7.05. The Bertz CT molecular complexity index is 212. The van der Waals surface area contributed by atoms with Gasteiger partial charge in [0.1, 0.15) is 0 Å². The van der Waals surface area contributed by atoms with Gasteiger partial charge in [-0.25, -0.2) is 5.84 Å². The molecule has 0 aliphatic carbocycles. The number of hydrogen-bond acceptors (Lipinski definition) is 2. The molecule has 1 unspecified atom stereocenters. The lowest BCUT2D eigenvalue weighted by molar-refractivity contribution is -0.133. The third-order valence-electron chi connectivity index (χ3n) is 2.53. The standard InChI is InChI=1S/C8H14N2O/c1-6(2)8(3)4-5-10(9)7(8)11/h1,4-5,9H2,2-3H3. The van der Waals surface area contributed by atoms with E-state index in [2.05, 4.69) is 6.58 Å². The summed E-state index contributed by atoms with van der Waals surface area (Å²) < 4.78 is 0. The van der Waals surface area contributed by atoms with Crippen molar-refractivity contribution >= 4 is 5.91 Å². The first kappa shape index (κ1) is 8.27. The second-order valence-electron chi connectivity index (χ2n) is 3.36. The van der Waals surface area contributed by atoms with Gasteiger partial charge in [-0.15, -0.1) is 0 Å². The van der Waals surface area contributed by atoms with E-state index >= 15 is 0 Å².